The maximum atomic E-state index is 10.0. The van der Waals surface area contributed by atoms with E-state index in [0.717, 1.165) is 93.0 Å². The predicted molar refractivity (Wildman–Crippen MR) is 517 cm³/mol. The fraction of sp³-hybridized carbons (Fsp3) is 0.292. The number of rotatable bonds is 22. The third-order valence-corrected chi connectivity index (χ3v) is 22.8. The van der Waals surface area contributed by atoms with Gasteiger partial charge in [0, 0.05) is 137 Å². The van der Waals surface area contributed by atoms with Crippen LogP contribution in [0.1, 0.15) is 185 Å². The normalized spacial score (nSPS) is 12.9. The molecule has 0 saturated heterocycles. The second kappa shape index (κ2) is 45.1. The smallest absolute Gasteiger partial charge is 0.276 e. The van der Waals surface area contributed by atoms with Crippen LogP contribution in [0.4, 0.5) is 0 Å². The molecule has 1 unspecified atom stereocenters. The Hall–Kier alpha value is -15.8. The first-order valence-electron chi connectivity index (χ1n) is 45.7. The van der Waals surface area contributed by atoms with Gasteiger partial charge in [0.1, 0.15) is 17.2 Å². The number of aryl methyl sites for hydroxylation is 2. The summed E-state index contributed by atoms with van der Waals surface area (Å²) in [5.41, 5.74) is 16.8. The molecule has 136 heavy (non-hydrogen) atoms. The molecule has 18 aromatic rings. The summed E-state index contributed by atoms with van der Waals surface area (Å²) in [7, 11) is 1.64. The molecule has 5 aromatic carbocycles. The minimum absolute atomic E-state index is 0.0332. The summed E-state index contributed by atoms with van der Waals surface area (Å²) in [4.78, 5) is 50.7. The highest BCUT2D eigenvalue weighted by Crippen LogP contribution is 2.40. The van der Waals surface area contributed by atoms with Gasteiger partial charge in [-0.05, 0) is 257 Å². The molecular weight excluding hydrogens is 1710 g/mol. The van der Waals surface area contributed by atoms with E-state index in [1.165, 1.54) is 78.8 Å². The molecule has 0 spiro atoms. The van der Waals surface area contributed by atoms with Crippen LogP contribution in [0.25, 0.3) is 126 Å². The maximum Gasteiger partial charge on any atom is 0.276 e. The quantitative estimate of drug-likeness (QED) is 0.0658. The van der Waals surface area contributed by atoms with Gasteiger partial charge < -0.3 is 46.5 Å². The highest BCUT2D eigenvalue weighted by atomic mass is 16.5. The van der Waals surface area contributed by atoms with Gasteiger partial charge in [-0.25, -0.2) is 0 Å². The van der Waals surface area contributed by atoms with E-state index >= 15 is 0 Å². The molecule has 0 bridgehead atoms. The average molecular weight is 1820 g/mol. The van der Waals surface area contributed by atoms with Gasteiger partial charge in [-0.3, -0.25) is 34.6 Å². The molecule has 2 fully saturated rings. The molecule has 1 N–H and O–H groups in total. The van der Waals surface area contributed by atoms with E-state index < -0.39 is 0 Å². The Morgan fingerprint density at radius 3 is 1.27 bits per heavy atom. The minimum atomic E-state index is 0.0332. The molecule has 2 aliphatic rings. The first kappa shape index (κ1) is 94.9. The molecule has 30 nitrogen and oxygen atoms in total. The van der Waals surface area contributed by atoms with Crippen molar-refractivity contribution in [2.75, 3.05) is 13.7 Å². The van der Waals surface area contributed by atoms with E-state index in [9.17, 15) is 5.11 Å². The molecule has 20 rings (SSSR count). The third kappa shape index (κ3) is 25.1. The van der Waals surface area contributed by atoms with Crippen molar-refractivity contribution in [2.45, 2.75) is 183 Å². The number of aromatic nitrogens is 20. The zero-order valence-corrected chi connectivity index (χ0v) is 78.6. The summed E-state index contributed by atoms with van der Waals surface area (Å²) in [5, 5.41) is 38.6. The van der Waals surface area contributed by atoms with E-state index in [4.69, 9.17) is 41.3 Å². The SMILES string of the molecule is CC(C)(C)c1cc(-c2nc(-c3ccncc3)no2)cc(C(C)(C)C)c1.CC(C)Cc1ccc(C(C)c2nc(-c3ccncc3)no2)cc1.CCOc1ccc(-c2nc(-c3ccncc3)no2)c(O)c1.CCn1nc(C)cc1-c1nc(-c2ccncc2)no1.COc1ccc(-c2nc(-c3ccncc3)no2)cc1OC1CCCC1.c1cc(-c2noc(-c3ccc(C4CCCCC4)cc3)n2)ccn1. The number of aromatic hydroxyl groups is 1. The van der Waals surface area contributed by atoms with Crippen LogP contribution >= 0.6 is 0 Å². The first-order valence-corrected chi connectivity index (χ1v) is 45.7. The largest absolute Gasteiger partial charge is 0.507 e. The van der Waals surface area contributed by atoms with E-state index in [1.54, 1.807) is 106 Å². The van der Waals surface area contributed by atoms with Crippen LogP contribution < -0.4 is 14.2 Å². The van der Waals surface area contributed by atoms with Crippen molar-refractivity contribution in [2.24, 2.45) is 5.92 Å². The lowest BCUT2D eigenvalue weighted by Gasteiger charge is -2.25. The summed E-state index contributed by atoms with van der Waals surface area (Å²) < 4.78 is 51.1. The molecule has 2 aliphatic carbocycles. The Labute approximate surface area is 789 Å². The third-order valence-electron chi connectivity index (χ3n) is 22.8. The fourth-order valence-corrected chi connectivity index (χ4v) is 15.3. The fourth-order valence-electron chi connectivity index (χ4n) is 15.3. The Morgan fingerprint density at radius 1 is 0.404 bits per heavy atom. The van der Waals surface area contributed by atoms with Crippen LogP contribution in [0.5, 0.6) is 23.0 Å². The monoisotopic (exact) mass is 1820 g/mol. The lowest BCUT2D eigenvalue weighted by molar-refractivity contribution is 0.201. The summed E-state index contributed by atoms with van der Waals surface area (Å²) in [5.74, 6) is 9.74. The number of benzene rings is 5. The summed E-state index contributed by atoms with van der Waals surface area (Å²) in [6, 6.07) is 58.6. The molecule has 0 aliphatic heterocycles. The topological polar surface area (TPSA) is 377 Å². The molecule has 694 valence electrons. The first-order chi connectivity index (χ1) is 66.1. The van der Waals surface area contributed by atoms with Crippen LogP contribution in [0.2, 0.25) is 0 Å². The van der Waals surface area contributed by atoms with Gasteiger partial charge in [0.15, 0.2) is 11.5 Å². The molecule has 13 aromatic heterocycles. The minimum Gasteiger partial charge on any atom is -0.507 e. The van der Waals surface area contributed by atoms with Crippen molar-refractivity contribution in [3.63, 3.8) is 0 Å². The van der Waals surface area contributed by atoms with Gasteiger partial charge in [0.25, 0.3) is 29.5 Å². The zero-order chi connectivity index (χ0) is 94.9. The van der Waals surface area contributed by atoms with E-state index in [2.05, 4.69) is 225 Å². The van der Waals surface area contributed by atoms with Crippen molar-refractivity contribution >= 4 is 0 Å². The Bertz CT molecular complexity index is 6710. The maximum absolute atomic E-state index is 10.0. The zero-order valence-electron chi connectivity index (χ0n) is 78.6. The number of nitrogens with zero attached hydrogens (tertiary/aromatic N) is 20. The van der Waals surface area contributed by atoms with Crippen LogP contribution in [-0.2, 0) is 23.8 Å². The van der Waals surface area contributed by atoms with Crippen LogP contribution in [0.3, 0.4) is 0 Å². The molecule has 30 heteroatoms. The number of phenols is 1. The van der Waals surface area contributed by atoms with Crippen LogP contribution in [0.15, 0.2) is 283 Å². The van der Waals surface area contributed by atoms with Gasteiger partial charge >= 0.3 is 0 Å². The molecular formula is C106H110N20O10. The highest BCUT2D eigenvalue weighted by molar-refractivity contribution is 5.68. The number of hydrogen-bond acceptors (Lipinski definition) is 29. The standard InChI is InChI=1S/C21H25N3O.C19H19N3O3.C19H19N3O.C19H21N3O.C15H13N3O3.C13H13N5O/c1-20(2,3)16-11-15(12-17(13-16)21(4,5)6)19-23-18(24-25-19)14-7-9-22-10-8-14;1-23-16-7-6-14(12-17(16)24-15-4-2-3-5-15)19-21-18(22-25-19)13-8-10-20-11-9-13;1-2-4-14(5-3-1)15-6-8-17(9-7-15)19-21-18(22-23-19)16-10-12-20-13-11-16;1-13(2)12-15-4-6-16(7-5-15)14(3)19-21-18(22-23-19)17-8-10-20-11-9-17;1-2-20-11-3-4-12(13(19)9-11)15-17-14(18-21-15)10-5-7-16-8-6-10;1-3-18-11(8-9(2)16-18)13-15-12(17-19-13)10-4-6-14-7-5-10/h7-13H,1-6H3;6-12,15H,2-5H2,1H3;6-14H,1-5H2;4-11,13-14H,12H2,1-3H3;3-9,19H,2H2,1H3;4-8H,3H2,1-2H3. The van der Waals surface area contributed by atoms with Crippen molar-refractivity contribution in [3.05, 3.63) is 296 Å². The second-order valence-electron chi connectivity index (χ2n) is 35.3. The highest BCUT2D eigenvalue weighted by Gasteiger charge is 2.27. The van der Waals surface area contributed by atoms with Gasteiger partial charge in [0.05, 0.1) is 37.0 Å². The van der Waals surface area contributed by atoms with E-state index in [-0.39, 0.29) is 34.5 Å². The predicted octanol–water partition coefficient (Wildman–Crippen LogP) is 24.1. The molecule has 1 atom stereocenters. The van der Waals surface area contributed by atoms with Gasteiger partial charge in [-0.15, -0.1) is 0 Å². The molecule has 2 saturated carbocycles. The van der Waals surface area contributed by atoms with Crippen LogP contribution in [-0.4, -0.2) is 125 Å². The van der Waals surface area contributed by atoms with E-state index in [0.29, 0.717) is 99.9 Å². The van der Waals surface area contributed by atoms with Crippen molar-refractivity contribution in [1.82, 2.24) is 101 Å². The van der Waals surface area contributed by atoms with Crippen LogP contribution in [0, 0.1) is 12.8 Å². The number of phenolic OH excluding ortho intramolecular Hbond substituents is 1. The molecule has 13 heterocycles. The Kier molecular flexibility index (Phi) is 31.5. The molecule has 0 amide bonds. The Morgan fingerprint density at radius 2 is 0.824 bits per heavy atom. The number of hydrogen-bond donors (Lipinski definition) is 1. The molecule has 0 radical (unpaired) electrons. The lowest BCUT2D eigenvalue weighted by Crippen LogP contribution is -2.16. The van der Waals surface area contributed by atoms with Crippen molar-refractivity contribution in [3.8, 4) is 149 Å². The lowest BCUT2D eigenvalue weighted by atomic mass is 9.79. The van der Waals surface area contributed by atoms with E-state index in [1.807, 2.05) is 110 Å². The Balaban J connectivity index is 0.000000124. The second-order valence-corrected chi connectivity index (χ2v) is 35.3. The van der Waals surface area contributed by atoms with Crippen molar-refractivity contribution < 1.29 is 46.5 Å². The average Bonchev–Trinajstić information content (AvgIpc) is 1.20. The van der Waals surface area contributed by atoms with Gasteiger partial charge in [0.2, 0.25) is 40.8 Å². The summed E-state index contributed by atoms with van der Waals surface area (Å²) in [6.07, 6.45) is 33.1. The number of ether oxygens (including phenoxy) is 3. The number of pyridine rings is 6. The van der Waals surface area contributed by atoms with Crippen molar-refractivity contribution in [1.29, 1.82) is 0 Å². The number of methoxy groups -OCH3 is 1. The van der Waals surface area contributed by atoms with Gasteiger partial charge in [-0.2, -0.15) is 35.0 Å². The van der Waals surface area contributed by atoms with Gasteiger partial charge in [-0.1, -0.05) is 148 Å². The summed E-state index contributed by atoms with van der Waals surface area (Å²) in [6.45, 7) is 27.0. The summed E-state index contributed by atoms with van der Waals surface area (Å²) >= 11 is 0.